The first-order valence-corrected chi connectivity index (χ1v) is 9.73. The minimum absolute atomic E-state index is 0.00917. The van der Waals surface area contributed by atoms with Gasteiger partial charge < -0.3 is 15.5 Å². The van der Waals surface area contributed by atoms with Crippen molar-refractivity contribution in [3.8, 4) is 0 Å². The summed E-state index contributed by atoms with van der Waals surface area (Å²) in [6.45, 7) is 6.28. The van der Waals surface area contributed by atoms with Gasteiger partial charge in [0.1, 0.15) is 0 Å². The van der Waals surface area contributed by atoms with Crippen LogP contribution in [0.5, 0.6) is 0 Å². The fourth-order valence-corrected chi connectivity index (χ4v) is 2.91. The Kier molecular flexibility index (Phi) is 7.42. The normalized spacial score (nSPS) is 11.8. The second-order valence-corrected chi connectivity index (χ2v) is 7.73. The molecule has 3 amide bonds. The largest absolute Gasteiger partial charge is 0.339 e. The average molecular weight is 432 g/mol. The van der Waals surface area contributed by atoms with Gasteiger partial charge in [0.2, 0.25) is 0 Å². The monoisotopic (exact) mass is 431 g/mol. The van der Waals surface area contributed by atoms with Gasteiger partial charge >= 0.3 is 6.03 Å². The molecule has 0 saturated carbocycles. The number of amides is 3. The van der Waals surface area contributed by atoms with E-state index >= 15 is 0 Å². The Hall–Kier alpha value is -2.34. The van der Waals surface area contributed by atoms with E-state index < -0.39 is 0 Å². The molecular weight excluding hydrogens is 406 g/mol. The van der Waals surface area contributed by atoms with E-state index in [1.807, 2.05) is 57.2 Å². The Labute approximate surface area is 169 Å². The number of hydrogen-bond acceptors (Lipinski definition) is 2. The molecule has 5 nitrogen and oxygen atoms in total. The molecule has 0 aliphatic rings. The third kappa shape index (κ3) is 6.10. The number of nitrogens with one attached hydrogen (secondary N) is 2. The number of urea groups is 1. The molecule has 0 aromatic heterocycles. The highest BCUT2D eigenvalue weighted by Crippen LogP contribution is 2.17. The molecule has 27 heavy (non-hydrogen) atoms. The molecule has 2 rings (SSSR count). The molecule has 0 aliphatic heterocycles. The number of halogens is 1. The van der Waals surface area contributed by atoms with Crippen LogP contribution < -0.4 is 10.6 Å². The van der Waals surface area contributed by atoms with Crippen molar-refractivity contribution in [2.24, 2.45) is 0 Å². The van der Waals surface area contributed by atoms with Crippen LogP contribution in [0.3, 0.4) is 0 Å². The minimum atomic E-state index is -0.234. The highest BCUT2D eigenvalue weighted by Gasteiger charge is 2.14. The number of hydrogen-bond donors (Lipinski definition) is 2. The van der Waals surface area contributed by atoms with Crippen molar-refractivity contribution in [1.29, 1.82) is 0 Å². The molecule has 2 aromatic carbocycles. The molecule has 1 unspecified atom stereocenters. The lowest BCUT2D eigenvalue weighted by molar-refractivity contribution is 0.0755. The number of nitrogens with zero attached hydrogens (tertiary/aromatic N) is 1. The Balaban J connectivity index is 1.87. The number of carbonyl (C=O) groups is 2. The van der Waals surface area contributed by atoms with Crippen LogP contribution in [0.15, 0.2) is 53.0 Å². The highest BCUT2D eigenvalue weighted by atomic mass is 79.9. The summed E-state index contributed by atoms with van der Waals surface area (Å²) in [7, 11) is 1.79. The van der Waals surface area contributed by atoms with Crippen LogP contribution in [0.4, 0.5) is 4.79 Å². The fraction of sp³-hybridized carbons (Fsp3) is 0.333. The van der Waals surface area contributed by atoms with Crippen molar-refractivity contribution >= 4 is 27.9 Å². The van der Waals surface area contributed by atoms with Crippen molar-refractivity contribution in [2.75, 3.05) is 7.05 Å². The zero-order chi connectivity index (χ0) is 20.0. The number of carbonyl (C=O) groups excluding carboxylic acids is 2. The molecule has 144 valence electrons. The van der Waals surface area contributed by atoms with Gasteiger partial charge in [-0.1, -0.05) is 40.2 Å². The molecule has 2 aromatic rings. The topological polar surface area (TPSA) is 61.4 Å². The molecule has 0 bridgehead atoms. The fourth-order valence-electron chi connectivity index (χ4n) is 2.49. The van der Waals surface area contributed by atoms with Crippen LogP contribution in [0.2, 0.25) is 0 Å². The van der Waals surface area contributed by atoms with Crippen molar-refractivity contribution in [3.05, 3.63) is 69.7 Å². The van der Waals surface area contributed by atoms with E-state index in [2.05, 4.69) is 26.6 Å². The maximum Gasteiger partial charge on any atom is 0.315 e. The summed E-state index contributed by atoms with van der Waals surface area (Å²) in [4.78, 5) is 26.1. The van der Waals surface area contributed by atoms with E-state index in [4.69, 9.17) is 0 Å². The lowest BCUT2D eigenvalue weighted by Gasteiger charge is -2.21. The molecular formula is C21H26BrN3O2. The van der Waals surface area contributed by atoms with E-state index in [0.717, 1.165) is 15.6 Å². The zero-order valence-corrected chi connectivity index (χ0v) is 17.7. The summed E-state index contributed by atoms with van der Waals surface area (Å²) < 4.78 is 0.979. The molecule has 0 saturated heterocycles. The standard InChI is InChI=1S/C21H26BrN3O2/c1-14(2)25(4)20(26)17-10-8-16(9-11-17)13-23-21(27)24-15(3)18-6-5-7-19(22)12-18/h5-12,14-15H,13H2,1-4H3,(H2,23,24,27). The van der Waals surface area contributed by atoms with Crippen LogP contribution in [-0.2, 0) is 6.54 Å². The van der Waals surface area contributed by atoms with Crippen molar-refractivity contribution in [1.82, 2.24) is 15.5 Å². The first kappa shape index (κ1) is 21.0. The summed E-state index contributed by atoms with van der Waals surface area (Å²) in [5.41, 5.74) is 2.60. The summed E-state index contributed by atoms with van der Waals surface area (Å²) in [6, 6.07) is 15.0. The van der Waals surface area contributed by atoms with Crippen LogP contribution in [0, 0.1) is 0 Å². The average Bonchev–Trinajstić information content (AvgIpc) is 2.65. The molecule has 6 heteroatoms. The quantitative estimate of drug-likeness (QED) is 0.707. The van der Waals surface area contributed by atoms with Gasteiger partial charge in [0.05, 0.1) is 6.04 Å². The Bertz CT molecular complexity index is 790. The molecule has 0 radical (unpaired) electrons. The Morgan fingerprint density at radius 3 is 2.33 bits per heavy atom. The lowest BCUT2D eigenvalue weighted by atomic mass is 10.1. The maximum absolute atomic E-state index is 12.3. The second kappa shape index (κ2) is 9.55. The van der Waals surface area contributed by atoms with Crippen molar-refractivity contribution in [2.45, 2.75) is 39.4 Å². The SMILES string of the molecule is CC(NC(=O)NCc1ccc(C(=O)N(C)C(C)C)cc1)c1cccc(Br)c1. The van der Waals surface area contributed by atoms with E-state index in [9.17, 15) is 9.59 Å². The molecule has 0 heterocycles. The predicted molar refractivity (Wildman–Crippen MR) is 112 cm³/mol. The van der Waals surface area contributed by atoms with Gasteiger partial charge in [0, 0.05) is 29.7 Å². The minimum Gasteiger partial charge on any atom is -0.339 e. The maximum atomic E-state index is 12.3. The third-order valence-electron chi connectivity index (χ3n) is 4.45. The van der Waals surface area contributed by atoms with Gasteiger partial charge in [0.25, 0.3) is 5.91 Å². The van der Waals surface area contributed by atoms with E-state index in [0.29, 0.717) is 12.1 Å². The summed E-state index contributed by atoms with van der Waals surface area (Å²) >= 11 is 3.44. The zero-order valence-electron chi connectivity index (χ0n) is 16.1. The van der Waals surface area contributed by atoms with E-state index in [1.165, 1.54) is 0 Å². The molecule has 2 N–H and O–H groups in total. The smallest absolute Gasteiger partial charge is 0.315 e. The van der Waals surface area contributed by atoms with Crippen molar-refractivity contribution < 1.29 is 9.59 Å². The van der Waals surface area contributed by atoms with Gasteiger partial charge in [-0.3, -0.25) is 4.79 Å². The van der Waals surface area contributed by atoms with Gasteiger partial charge in [-0.2, -0.15) is 0 Å². The number of rotatable bonds is 6. The Morgan fingerprint density at radius 1 is 1.07 bits per heavy atom. The van der Waals surface area contributed by atoms with Crippen LogP contribution in [0.1, 0.15) is 48.3 Å². The first-order chi connectivity index (χ1) is 12.8. The van der Waals surface area contributed by atoms with Gasteiger partial charge in [-0.15, -0.1) is 0 Å². The third-order valence-corrected chi connectivity index (χ3v) is 4.94. The van der Waals surface area contributed by atoms with Crippen LogP contribution >= 0.6 is 15.9 Å². The molecule has 1 atom stereocenters. The van der Waals surface area contributed by atoms with Crippen molar-refractivity contribution in [3.63, 3.8) is 0 Å². The predicted octanol–water partition coefficient (Wildman–Crippen LogP) is 4.49. The van der Waals surface area contributed by atoms with Gasteiger partial charge in [0.15, 0.2) is 0 Å². The van der Waals surface area contributed by atoms with Crippen LogP contribution in [0.25, 0.3) is 0 Å². The Morgan fingerprint density at radius 2 is 1.74 bits per heavy atom. The molecule has 0 spiro atoms. The van der Waals surface area contributed by atoms with Gasteiger partial charge in [-0.05, 0) is 56.2 Å². The van der Waals surface area contributed by atoms with Gasteiger partial charge in [-0.25, -0.2) is 4.79 Å². The van der Waals surface area contributed by atoms with E-state index in [1.54, 1.807) is 24.1 Å². The number of benzene rings is 2. The first-order valence-electron chi connectivity index (χ1n) is 8.94. The molecule has 0 aliphatic carbocycles. The second-order valence-electron chi connectivity index (χ2n) is 6.81. The van der Waals surface area contributed by atoms with Crippen LogP contribution in [-0.4, -0.2) is 29.9 Å². The lowest BCUT2D eigenvalue weighted by Crippen LogP contribution is -2.36. The van der Waals surface area contributed by atoms with E-state index in [-0.39, 0.29) is 24.0 Å². The summed E-state index contributed by atoms with van der Waals surface area (Å²) in [6.07, 6.45) is 0. The highest BCUT2D eigenvalue weighted by molar-refractivity contribution is 9.10. The summed E-state index contributed by atoms with van der Waals surface area (Å²) in [5, 5.41) is 5.77. The summed E-state index contributed by atoms with van der Waals surface area (Å²) in [5.74, 6) is -0.00917. The molecule has 0 fully saturated rings.